The molecule has 0 bridgehead atoms. The van der Waals surface area contributed by atoms with Crippen molar-refractivity contribution >= 4 is 17.5 Å². The van der Waals surface area contributed by atoms with Crippen molar-refractivity contribution in [3.8, 4) is 11.5 Å². The summed E-state index contributed by atoms with van der Waals surface area (Å²) >= 11 is 0. The van der Waals surface area contributed by atoms with Gasteiger partial charge < -0.3 is 14.9 Å². The monoisotopic (exact) mass is 386 g/mol. The van der Waals surface area contributed by atoms with Crippen molar-refractivity contribution in [2.75, 3.05) is 0 Å². The Morgan fingerprint density at radius 2 is 1.75 bits per heavy atom. The molecule has 0 saturated carbocycles. The van der Waals surface area contributed by atoms with Crippen LogP contribution >= 0.6 is 0 Å². The van der Waals surface area contributed by atoms with Gasteiger partial charge in [0.2, 0.25) is 0 Å². The Labute approximate surface area is 164 Å². The van der Waals surface area contributed by atoms with Gasteiger partial charge in [0.1, 0.15) is 17.6 Å². The minimum Gasteiger partial charge on any atom is -0.507 e. The summed E-state index contributed by atoms with van der Waals surface area (Å²) in [6.45, 7) is 5.78. The molecule has 0 saturated heterocycles. The first-order valence-electron chi connectivity index (χ1n) is 9.44. The summed E-state index contributed by atoms with van der Waals surface area (Å²) in [5.41, 5.74) is 0.485. The lowest BCUT2D eigenvalue weighted by molar-refractivity contribution is -0.147. The summed E-state index contributed by atoms with van der Waals surface area (Å²) in [5, 5.41) is 20.0. The van der Waals surface area contributed by atoms with Gasteiger partial charge in [-0.1, -0.05) is 31.4 Å². The number of allylic oxidation sites excluding steroid dienone is 2. The number of hydrogen-bond acceptors (Lipinski definition) is 6. The molecular weight excluding hydrogens is 360 g/mol. The molecule has 150 valence electrons. The number of unbranched alkanes of at least 4 members (excludes halogenated alkanes) is 2. The molecule has 0 aliphatic heterocycles. The lowest BCUT2D eigenvalue weighted by Gasteiger charge is -2.23. The molecule has 1 atom stereocenters. The zero-order chi connectivity index (χ0) is 20.8. The highest BCUT2D eigenvalue weighted by Crippen LogP contribution is 2.36. The number of aromatic hydroxyl groups is 2. The van der Waals surface area contributed by atoms with Crippen molar-refractivity contribution in [3.05, 3.63) is 46.6 Å². The molecule has 2 rings (SSSR count). The van der Waals surface area contributed by atoms with E-state index < -0.39 is 29.4 Å². The van der Waals surface area contributed by atoms with Crippen molar-refractivity contribution in [3.63, 3.8) is 0 Å². The van der Waals surface area contributed by atoms with Crippen LogP contribution in [-0.4, -0.2) is 33.9 Å². The molecule has 6 nitrogen and oxygen atoms in total. The molecule has 6 heteroatoms. The van der Waals surface area contributed by atoms with E-state index >= 15 is 0 Å². The fraction of sp³-hybridized carbons (Fsp3) is 0.409. The summed E-state index contributed by atoms with van der Waals surface area (Å²) in [6, 6.07) is 2.32. The van der Waals surface area contributed by atoms with Crippen LogP contribution < -0.4 is 0 Å². The molecule has 0 spiro atoms. The summed E-state index contributed by atoms with van der Waals surface area (Å²) in [7, 11) is 0. The molecule has 1 aromatic rings. The number of carbonyl (C=O) groups excluding carboxylic acids is 3. The van der Waals surface area contributed by atoms with Crippen LogP contribution in [0.25, 0.3) is 0 Å². The number of ether oxygens (including phenoxy) is 1. The Bertz CT molecular complexity index is 843. The Morgan fingerprint density at radius 1 is 1.11 bits per heavy atom. The van der Waals surface area contributed by atoms with E-state index in [-0.39, 0.29) is 35.3 Å². The van der Waals surface area contributed by atoms with Crippen LogP contribution in [0.4, 0.5) is 0 Å². The predicted molar refractivity (Wildman–Crippen MR) is 105 cm³/mol. The number of phenolic OH excluding ortho intramolecular Hbond substituents is 2. The van der Waals surface area contributed by atoms with Crippen LogP contribution in [0.3, 0.4) is 0 Å². The molecule has 0 unspecified atom stereocenters. The van der Waals surface area contributed by atoms with Crippen molar-refractivity contribution in [1.29, 1.82) is 0 Å². The molecule has 0 radical (unpaired) electrons. The number of Topliss-reactive ketones (excluding diaryl/α,β-unsaturated/α-hetero) is 1. The van der Waals surface area contributed by atoms with Crippen molar-refractivity contribution in [1.82, 2.24) is 0 Å². The van der Waals surface area contributed by atoms with E-state index in [2.05, 4.69) is 0 Å². The number of phenols is 2. The van der Waals surface area contributed by atoms with Gasteiger partial charge in [-0.25, -0.2) is 0 Å². The highest BCUT2D eigenvalue weighted by molar-refractivity contribution is 6.27. The number of benzene rings is 1. The van der Waals surface area contributed by atoms with E-state index in [1.54, 1.807) is 0 Å². The van der Waals surface area contributed by atoms with E-state index in [0.29, 0.717) is 6.42 Å². The average molecular weight is 386 g/mol. The quantitative estimate of drug-likeness (QED) is 0.300. The van der Waals surface area contributed by atoms with Gasteiger partial charge in [-0.2, -0.15) is 0 Å². The van der Waals surface area contributed by atoms with E-state index in [1.165, 1.54) is 0 Å². The molecule has 0 aromatic heterocycles. The molecule has 1 aromatic carbocycles. The molecule has 28 heavy (non-hydrogen) atoms. The zero-order valence-electron chi connectivity index (χ0n) is 16.4. The Kier molecular flexibility index (Phi) is 7.15. The SMILES string of the molecule is CCCCCC(=O)O[C@H](CC=C(C)C)C1=CC(=O)c2c(O)ccc(O)c2C1=O. The molecule has 1 aliphatic rings. The highest BCUT2D eigenvalue weighted by Gasteiger charge is 2.35. The Balaban J connectivity index is 2.36. The molecule has 0 amide bonds. The minimum atomic E-state index is -0.935. The fourth-order valence-electron chi connectivity index (χ4n) is 3.04. The van der Waals surface area contributed by atoms with Crippen molar-refractivity contribution in [2.24, 2.45) is 0 Å². The lowest BCUT2D eigenvalue weighted by Crippen LogP contribution is -2.29. The van der Waals surface area contributed by atoms with E-state index in [0.717, 1.165) is 36.6 Å². The van der Waals surface area contributed by atoms with Gasteiger partial charge in [0, 0.05) is 18.4 Å². The van der Waals surface area contributed by atoms with Gasteiger partial charge in [0.05, 0.1) is 11.1 Å². The number of esters is 1. The first-order valence-corrected chi connectivity index (χ1v) is 9.44. The van der Waals surface area contributed by atoms with Crippen LogP contribution in [0.5, 0.6) is 11.5 Å². The van der Waals surface area contributed by atoms with Gasteiger partial charge in [0.15, 0.2) is 11.6 Å². The molecule has 0 fully saturated rings. The minimum absolute atomic E-state index is 0.000239. The first-order chi connectivity index (χ1) is 13.3. The standard InChI is InChI=1S/C22H26O6/c1-4-5-6-7-19(26)28-18(11-8-13(2)3)14-12-17(25)20-15(23)9-10-16(24)21(20)22(14)27/h8-10,12,18,23-24H,4-7,11H2,1-3H3/t18-/m1/s1. The zero-order valence-corrected chi connectivity index (χ0v) is 16.4. The second-order valence-corrected chi connectivity index (χ2v) is 7.10. The Hall–Kier alpha value is -2.89. The summed E-state index contributed by atoms with van der Waals surface area (Å²) < 4.78 is 5.52. The fourth-order valence-corrected chi connectivity index (χ4v) is 3.04. The van der Waals surface area contributed by atoms with Gasteiger partial charge in [0.25, 0.3) is 0 Å². The van der Waals surface area contributed by atoms with Crippen LogP contribution in [0.2, 0.25) is 0 Å². The van der Waals surface area contributed by atoms with Crippen molar-refractivity contribution < 1.29 is 29.3 Å². The maximum absolute atomic E-state index is 13.0. The van der Waals surface area contributed by atoms with Gasteiger partial charge in [-0.15, -0.1) is 0 Å². The second kappa shape index (κ2) is 9.35. The average Bonchev–Trinajstić information content (AvgIpc) is 2.63. The van der Waals surface area contributed by atoms with E-state index in [1.807, 2.05) is 26.8 Å². The highest BCUT2D eigenvalue weighted by atomic mass is 16.5. The smallest absolute Gasteiger partial charge is 0.306 e. The van der Waals surface area contributed by atoms with Crippen LogP contribution in [0.15, 0.2) is 35.4 Å². The number of ketones is 2. The number of fused-ring (bicyclic) bond motifs is 1. The summed E-state index contributed by atoms with van der Waals surface area (Å²) in [5.74, 6) is -2.45. The molecular formula is C22H26O6. The maximum Gasteiger partial charge on any atom is 0.306 e. The van der Waals surface area contributed by atoms with Gasteiger partial charge >= 0.3 is 5.97 Å². The van der Waals surface area contributed by atoms with Gasteiger partial charge in [-0.3, -0.25) is 14.4 Å². The number of carbonyl (C=O) groups is 3. The van der Waals surface area contributed by atoms with E-state index in [9.17, 15) is 24.6 Å². The summed E-state index contributed by atoms with van der Waals surface area (Å²) in [6.07, 6.45) is 5.00. The molecule has 2 N–H and O–H groups in total. The van der Waals surface area contributed by atoms with E-state index in [4.69, 9.17) is 4.74 Å². The largest absolute Gasteiger partial charge is 0.507 e. The number of rotatable bonds is 8. The second-order valence-electron chi connectivity index (χ2n) is 7.10. The predicted octanol–water partition coefficient (Wildman–Crippen LogP) is 4.25. The van der Waals surface area contributed by atoms with Gasteiger partial charge in [-0.05, 0) is 38.5 Å². The van der Waals surface area contributed by atoms with Crippen LogP contribution in [0, 0.1) is 0 Å². The van der Waals surface area contributed by atoms with Crippen LogP contribution in [-0.2, 0) is 9.53 Å². The van der Waals surface area contributed by atoms with Crippen LogP contribution in [0.1, 0.15) is 73.6 Å². The first kappa shape index (κ1) is 21.4. The lowest BCUT2D eigenvalue weighted by atomic mass is 9.85. The third-order valence-electron chi connectivity index (χ3n) is 4.53. The molecule has 0 heterocycles. The Morgan fingerprint density at radius 3 is 2.36 bits per heavy atom. The van der Waals surface area contributed by atoms with Crippen molar-refractivity contribution in [2.45, 2.75) is 59.0 Å². The third-order valence-corrected chi connectivity index (χ3v) is 4.53. The third kappa shape index (κ3) is 4.88. The molecule has 1 aliphatic carbocycles. The normalized spacial score (nSPS) is 14.2. The maximum atomic E-state index is 13.0. The summed E-state index contributed by atoms with van der Waals surface area (Å²) in [4.78, 5) is 37.7. The number of hydrogen-bond donors (Lipinski definition) is 2. The topological polar surface area (TPSA) is 101 Å².